The minimum Gasteiger partial charge on any atom is -0.400 e. The third kappa shape index (κ3) is 7.40. The summed E-state index contributed by atoms with van der Waals surface area (Å²) < 4.78 is 1.33. The molecule has 2 aromatic heterocycles. The standard InChI is InChI=1S/C27H40N4OS.CH4O/c32-25(20-22-4-2-1-3-5-22)29-24-8-6-21(7-9-24)11-14-30-15-17-31(18-16-30)27-26-23(10-13-28-27)12-19-33-26;1-2/h10,12-13,19,21-22,24H,1-9,11,14-18,20H2,(H,29,32);2H,1H3. The maximum atomic E-state index is 12.5. The number of pyridine rings is 1. The van der Waals surface area contributed by atoms with Crippen molar-refractivity contribution in [3.05, 3.63) is 23.7 Å². The summed E-state index contributed by atoms with van der Waals surface area (Å²) in [5.74, 6) is 2.96. The predicted octanol–water partition coefficient (Wildman–Crippen LogP) is 5.06. The van der Waals surface area contributed by atoms with Gasteiger partial charge in [-0.25, -0.2) is 4.98 Å². The number of aliphatic hydroxyl groups excluding tert-OH is 1. The van der Waals surface area contributed by atoms with Crippen molar-refractivity contribution in [2.24, 2.45) is 11.8 Å². The number of nitrogens with one attached hydrogen (secondary N) is 1. The highest BCUT2D eigenvalue weighted by atomic mass is 32.1. The smallest absolute Gasteiger partial charge is 0.220 e. The quantitative estimate of drug-likeness (QED) is 0.556. The summed E-state index contributed by atoms with van der Waals surface area (Å²) in [5, 5.41) is 13.8. The molecule has 0 atom stereocenters. The molecular formula is C28H44N4O2S. The lowest BCUT2D eigenvalue weighted by atomic mass is 9.83. The topological polar surface area (TPSA) is 68.7 Å². The van der Waals surface area contributed by atoms with Gasteiger partial charge in [0, 0.05) is 51.9 Å². The lowest BCUT2D eigenvalue weighted by Crippen LogP contribution is -2.47. The molecule has 2 aliphatic carbocycles. The van der Waals surface area contributed by atoms with Crippen molar-refractivity contribution in [1.29, 1.82) is 0 Å². The lowest BCUT2D eigenvalue weighted by molar-refractivity contribution is -0.123. The van der Waals surface area contributed by atoms with Crippen LogP contribution in [-0.2, 0) is 4.79 Å². The van der Waals surface area contributed by atoms with Crippen molar-refractivity contribution in [3.8, 4) is 0 Å². The second-order valence-corrected chi connectivity index (χ2v) is 11.5. The van der Waals surface area contributed by atoms with Gasteiger partial charge in [-0.05, 0) is 86.2 Å². The summed E-state index contributed by atoms with van der Waals surface area (Å²) in [6.07, 6.45) is 15.4. The van der Waals surface area contributed by atoms with E-state index in [2.05, 4.69) is 32.6 Å². The van der Waals surface area contributed by atoms with Crippen LogP contribution in [-0.4, -0.2) is 66.8 Å². The number of rotatable bonds is 7. The maximum Gasteiger partial charge on any atom is 0.220 e. The molecule has 1 saturated heterocycles. The van der Waals surface area contributed by atoms with Gasteiger partial charge < -0.3 is 15.3 Å². The molecule has 2 saturated carbocycles. The molecule has 35 heavy (non-hydrogen) atoms. The van der Waals surface area contributed by atoms with Crippen molar-refractivity contribution in [2.75, 3.05) is 44.7 Å². The summed E-state index contributed by atoms with van der Waals surface area (Å²) in [6.45, 7) is 5.63. The molecule has 5 rings (SSSR count). The zero-order valence-corrected chi connectivity index (χ0v) is 22.3. The molecule has 7 heteroatoms. The molecule has 3 aliphatic rings. The highest BCUT2D eigenvalue weighted by Crippen LogP contribution is 2.31. The number of carbonyl (C=O) groups is 1. The molecular weight excluding hydrogens is 456 g/mol. The molecule has 0 bridgehead atoms. The number of hydrogen-bond donors (Lipinski definition) is 2. The Bertz CT molecular complexity index is 897. The van der Waals surface area contributed by atoms with Gasteiger partial charge in [0.1, 0.15) is 5.82 Å². The van der Waals surface area contributed by atoms with Crippen LogP contribution in [0, 0.1) is 11.8 Å². The minimum atomic E-state index is 0.316. The Morgan fingerprint density at radius 2 is 1.74 bits per heavy atom. The van der Waals surface area contributed by atoms with E-state index in [4.69, 9.17) is 10.1 Å². The number of aromatic nitrogens is 1. The average Bonchev–Trinajstić information content (AvgIpc) is 3.40. The molecule has 1 amide bonds. The summed E-state index contributed by atoms with van der Waals surface area (Å²) in [5.41, 5.74) is 0. The molecule has 2 N–H and O–H groups in total. The number of anilines is 1. The van der Waals surface area contributed by atoms with E-state index in [1.54, 1.807) is 11.3 Å². The summed E-state index contributed by atoms with van der Waals surface area (Å²) in [4.78, 5) is 22.3. The first-order valence-corrected chi connectivity index (χ1v) is 14.7. The SMILES string of the molecule is CO.O=C(CC1CCCCC1)NC1CCC(CCN2CCN(c3nccc4ccsc34)CC2)CC1. The number of aliphatic hydroxyl groups is 1. The number of amides is 1. The van der Waals surface area contributed by atoms with E-state index in [0.29, 0.717) is 17.9 Å². The Kier molecular flexibility index (Phi) is 10.2. The fraction of sp³-hybridized carbons (Fsp3) is 0.714. The van der Waals surface area contributed by atoms with Crippen LogP contribution >= 0.6 is 11.3 Å². The number of fused-ring (bicyclic) bond motifs is 1. The molecule has 3 heterocycles. The van der Waals surface area contributed by atoms with Gasteiger partial charge >= 0.3 is 0 Å². The van der Waals surface area contributed by atoms with Crippen molar-refractivity contribution in [1.82, 2.24) is 15.2 Å². The zero-order chi connectivity index (χ0) is 24.5. The normalized spacial score (nSPS) is 24.1. The van der Waals surface area contributed by atoms with Crippen LogP contribution in [0.1, 0.15) is 70.6 Å². The molecule has 0 aromatic carbocycles. The van der Waals surface area contributed by atoms with Gasteiger partial charge in [0.05, 0.1) is 4.70 Å². The minimum absolute atomic E-state index is 0.316. The molecule has 194 valence electrons. The van der Waals surface area contributed by atoms with Crippen LogP contribution in [0.4, 0.5) is 5.82 Å². The Balaban J connectivity index is 0.00000141. The van der Waals surface area contributed by atoms with E-state index in [0.717, 1.165) is 45.6 Å². The average molecular weight is 501 g/mol. The Morgan fingerprint density at radius 3 is 2.49 bits per heavy atom. The van der Waals surface area contributed by atoms with Crippen molar-refractivity contribution >= 4 is 33.1 Å². The third-order valence-corrected chi connectivity index (χ3v) is 9.21. The Labute approximate surface area is 215 Å². The highest BCUT2D eigenvalue weighted by molar-refractivity contribution is 7.17. The van der Waals surface area contributed by atoms with E-state index in [9.17, 15) is 4.79 Å². The Morgan fingerprint density at radius 1 is 1.00 bits per heavy atom. The van der Waals surface area contributed by atoms with Crippen molar-refractivity contribution in [2.45, 2.75) is 76.7 Å². The van der Waals surface area contributed by atoms with Crippen LogP contribution in [0.25, 0.3) is 10.1 Å². The number of nitrogens with zero attached hydrogens (tertiary/aromatic N) is 3. The number of piperazine rings is 1. The first-order valence-electron chi connectivity index (χ1n) is 13.8. The number of thiophene rings is 1. The maximum absolute atomic E-state index is 12.5. The first-order chi connectivity index (χ1) is 17.2. The molecule has 1 aliphatic heterocycles. The van der Waals surface area contributed by atoms with Crippen molar-refractivity contribution in [3.63, 3.8) is 0 Å². The molecule has 6 nitrogen and oxygen atoms in total. The number of carbonyl (C=O) groups excluding carboxylic acids is 1. The van der Waals surface area contributed by atoms with Crippen LogP contribution in [0.5, 0.6) is 0 Å². The number of hydrogen-bond acceptors (Lipinski definition) is 6. The van der Waals surface area contributed by atoms with E-state index in [1.807, 2.05) is 6.20 Å². The summed E-state index contributed by atoms with van der Waals surface area (Å²) in [6, 6.07) is 4.73. The van der Waals surface area contributed by atoms with Gasteiger partial charge in [0.15, 0.2) is 0 Å². The van der Waals surface area contributed by atoms with Crippen LogP contribution in [0.15, 0.2) is 23.7 Å². The fourth-order valence-corrected chi connectivity index (χ4v) is 7.10. The molecule has 0 radical (unpaired) electrons. The molecule has 0 unspecified atom stereocenters. The molecule has 0 spiro atoms. The van der Waals surface area contributed by atoms with Gasteiger partial charge in [-0.15, -0.1) is 11.3 Å². The fourth-order valence-electron chi connectivity index (χ4n) is 6.19. The van der Waals surface area contributed by atoms with Crippen molar-refractivity contribution < 1.29 is 9.90 Å². The van der Waals surface area contributed by atoms with E-state index in [-0.39, 0.29) is 0 Å². The van der Waals surface area contributed by atoms with Crippen LogP contribution in [0.3, 0.4) is 0 Å². The summed E-state index contributed by atoms with van der Waals surface area (Å²) >= 11 is 1.81. The second kappa shape index (κ2) is 13.6. The van der Waals surface area contributed by atoms with E-state index in [1.165, 1.54) is 86.7 Å². The second-order valence-electron chi connectivity index (χ2n) is 10.6. The van der Waals surface area contributed by atoms with Gasteiger partial charge in [0.2, 0.25) is 5.91 Å². The van der Waals surface area contributed by atoms with Crippen LogP contribution in [0.2, 0.25) is 0 Å². The van der Waals surface area contributed by atoms with Gasteiger partial charge in [-0.1, -0.05) is 19.3 Å². The monoisotopic (exact) mass is 500 g/mol. The first kappa shape index (κ1) is 26.4. The Hall–Kier alpha value is -1.70. The van der Waals surface area contributed by atoms with Gasteiger partial charge in [-0.3, -0.25) is 9.69 Å². The molecule has 3 fully saturated rings. The molecule has 2 aromatic rings. The highest BCUT2D eigenvalue weighted by Gasteiger charge is 2.25. The van der Waals surface area contributed by atoms with Gasteiger partial charge in [-0.2, -0.15) is 0 Å². The zero-order valence-electron chi connectivity index (χ0n) is 21.5. The summed E-state index contributed by atoms with van der Waals surface area (Å²) in [7, 11) is 1.00. The largest absolute Gasteiger partial charge is 0.400 e. The van der Waals surface area contributed by atoms with Crippen LogP contribution < -0.4 is 10.2 Å². The van der Waals surface area contributed by atoms with E-state index >= 15 is 0 Å². The lowest BCUT2D eigenvalue weighted by Gasteiger charge is -2.37. The van der Waals surface area contributed by atoms with E-state index < -0.39 is 0 Å². The predicted molar refractivity (Wildman–Crippen MR) is 146 cm³/mol. The van der Waals surface area contributed by atoms with Gasteiger partial charge in [0.25, 0.3) is 0 Å². The third-order valence-electron chi connectivity index (χ3n) is 8.29.